The molecule has 0 fully saturated rings. The van der Waals surface area contributed by atoms with Crippen LogP contribution in [0.5, 0.6) is 0 Å². The number of aromatic nitrogens is 2. The van der Waals surface area contributed by atoms with Crippen molar-refractivity contribution < 1.29 is 4.79 Å². The number of Topliss-reactive ketones (excluding diaryl/α,β-unsaturated/α-hetero) is 1. The van der Waals surface area contributed by atoms with Crippen molar-refractivity contribution in [1.29, 1.82) is 0 Å². The molecule has 1 aromatic heterocycles. The molecule has 0 aliphatic heterocycles. The van der Waals surface area contributed by atoms with Gasteiger partial charge in [0.1, 0.15) is 5.69 Å². The summed E-state index contributed by atoms with van der Waals surface area (Å²) < 4.78 is 1.75. The first kappa shape index (κ1) is 17.2. The van der Waals surface area contributed by atoms with E-state index in [1.54, 1.807) is 10.9 Å². The van der Waals surface area contributed by atoms with Gasteiger partial charge in [-0.05, 0) is 26.9 Å². The molecule has 0 radical (unpaired) electrons. The number of carbonyl (C=O) groups is 1. The third-order valence-electron chi connectivity index (χ3n) is 3.56. The van der Waals surface area contributed by atoms with Crippen LogP contribution in [0.4, 0.5) is 0 Å². The molecule has 5 heteroatoms. The second kappa shape index (κ2) is 8.42. The molecule has 0 saturated carbocycles. The van der Waals surface area contributed by atoms with E-state index in [0.29, 0.717) is 17.3 Å². The lowest BCUT2D eigenvalue weighted by molar-refractivity contribution is 0.0896. The second-order valence-electron chi connectivity index (χ2n) is 5.48. The van der Waals surface area contributed by atoms with Crippen molar-refractivity contribution in [3.8, 4) is 0 Å². The fraction of sp³-hybridized carbons (Fsp3) is 0.733. The van der Waals surface area contributed by atoms with E-state index in [0.717, 1.165) is 32.2 Å². The third-order valence-corrected chi connectivity index (χ3v) is 3.83. The summed E-state index contributed by atoms with van der Waals surface area (Å²) in [6.07, 6.45) is 5.55. The van der Waals surface area contributed by atoms with E-state index in [1.807, 2.05) is 14.1 Å². The summed E-state index contributed by atoms with van der Waals surface area (Å²) in [5.74, 6) is 0.199. The predicted molar refractivity (Wildman–Crippen MR) is 83.4 cm³/mol. The Hall–Kier alpha value is -0.870. The Bertz CT molecular complexity index is 429. The van der Waals surface area contributed by atoms with Gasteiger partial charge in [-0.1, -0.05) is 38.3 Å². The fourth-order valence-corrected chi connectivity index (χ4v) is 2.47. The van der Waals surface area contributed by atoms with E-state index in [4.69, 9.17) is 11.6 Å². The standard InChI is InChI=1S/C15H26ClN3O/c1-5-7-8-12(6-2)15(20)14-13(16)11-17-19(14)10-9-18(3)4/h11-12H,5-10H2,1-4H3. The van der Waals surface area contributed by atoms with Gasteiger partial charge in [0.2, 0.25) is 0 Å². The average molecular weight is 300 g/mol. The van der Waals surface area contributed by atoms with Gasteiger partial charge in [-0.25, -0.2) is 0 Å². The van der Waals surface area contributed by atoms with Gasteiger partial charge in [0, 0.05) is 12.5 Å². The molecule has 0 N–H and O–H groups in total. The lowest BCUT2D eigenvalue weighted by Crippen LogP contribution is -2.24. The highest BCUT2D eigenvalue weighted by atomic mass is 35.5. The highest BCUT2D eigenvalue weighted by molar-refractivity contribution is 6.33. The van der Waals surface area contributed by atoms with Crippen LogP contribution in [0.15, 0.2) is 6.20 Å². The maximum atomic E-state index is 12.7. The first-order chi connectivity index (χ1) is 9.51. The zero-order chi connectivity index (χ0) is 15.1. The van der Waals surface area contributed by atoms with Gasteiger partial charge < -0.3 is 4.90 Å². The molecule has 1 atom stereocenters. The van der Waals surface area contributed by atoms with Crippen LogP contribution in [-0.4, -0.2) is 41.1 Å². The summed E-state index contributed by atoms with van der Waals surface area (Å²) in [6, 6.07) is 0. The summed E-state index contributed by atoms with van der Waals surface area (Å²) in [7, 11) is 4.01. The number of ketones is 1. The highest BCUT2D eigenvalue weighted by Gasteiger charge is 2.24. The van der Waals surface area contributed by atoms with Crippen LogP contribution in [0.3, 0.4) is 0 Å². The summed E-state index contributed by atoms with van der Waals surface area (Å²) in [6.45, 7) is 5.73. The molecular formula is C15H26ClN3O. The second-order valence-corrected chi connectivity index (χ2v) is 5.89. The van der Waals surface area contributed by atoms with Crippen LogP contribution >= 0.6 is 11.6 Å². The summed E-state index contributed by atoms with van der Waals surface area (Å²) in [5, 5.41) is 4.72. The Morgan fingerprint density at radius 1 is 1.45 bits per heavy atom. The molecule has 1 unspecified atom stereocenters. The number of nitrogens with zero attached hydrogens (tertiary/aromatic N) is 3. The van der Waals surface area contributed by atoms with Crippen molar-refractivity contribution in [3.63, 3.8) is 0 Å². The van der Waals surface area contributed by atoms with Crippen LogP contribution < -0.4 is 0 Å². The molecule has 0 amide bonds. The molecule has 1 aromatic rings. The van der Waals surface area contributed by atoms with E-state index >= 15 is 0 Å². The normalized spacial score (nSPS) is 12.9. The Morgan fingerprint density at radius 2 is 2.15 bits per heavy atom. The number of carbonyl (C=O) groups excluding carboxylic acids is 1. The molecule has 114 valence electrons. The number of unbranched alkanes of at least 4 members (excludes halogenated alkanes) is 1. The Labute approximate surface area is 127 Å². The van der Waals surface area contributed by atoms with Crippen molar-refractivity contribution in [2.75, 3.05) is 20.6 Å². The van der Waals surface area contributed by atoms with Gasteiger partial charge in [-0.3, -0.25) is 9.48 Å². The molecule has 4 nitrogen and oxygen atoms in total. The minimum absolute atomic E-state index is 0.0576. The van der Waals surface area contributed by atoms with Crippen LogP contribution in [0.2, 0.25) is 5.02 Å². The number of halogens is 1. The van der Waals surface area contributed by atoms with Gasteiger partial charge in [0.15, 0.2) is 5.78 Å². The zero-order valence-corrected chi connectivity index (χ0v) is 13.8. The summed E-state index contributed by atoms with van der Waals surface area (Å²) >= 11 is 6.17. The van der Waals surface area contributed by atoms with Crippen molar-refractivity contribution in [3.05, 3.63) is 16.9 Å². The quantitative estimate of drug-likeness (QED) is 0.655. The van der Waals surface area contributed by atoms with Crippen LogP contribution in [0, 0.1) is 5.92 Å². The molecule has 0 aromatic carbocycles. The maximum Gasteiger partial charge on any atom is 0.185 e. The molecular weight excluding hydrogens is 274 g/mol. The molecule has 0 spiro atoms. The molecule has 0 bridgehead atoms. The minimum atomic E-state index is 0.0576. The summed E-state index contributed by atoms with van der Waals surface area (Å²) in [4.78, 5) is 14.7. The third kappa shape index (κ3) is 4.60. The lowest BCUT2D eigenvalue weighted by Gasteiger charge is -2.16. The fourth-order valence-electron chi connectivity index (χ4n) is 2.24. The van der Waals surface area contributed by atoms with Crippen LogP contribution in [-0.2, 0) is 6.54 Å². The van der Waals surface area contributed by atoms with E-state index in [9.17, 15) is 4.79 Å². The van der Waals surface area contributed by atoms with E-state index in [2.05, 4.69) is 23.8 Å². The molecule has 0 aliphatic rings. The van der Waals surface area contributed by atoms with Gasteiger partial charge >= 0.3 is 0 Å². The molecule has 0 saturated heterocycles. The van der Waals surface area contributed by atoms with Crippen molar-refractivity contribution >= 4 is 17.4 Å². The van der Waals surface area contributed by atoms with Crippen molar-refractivity contribution in [2.45, 2.75) is 46.1 Å². The SMILES string of the molecule is CCCCC(CC)C(=O)c1c(Cl)cnn1CCN(C)C. The van der Waals surface area contributed by atoms with Crippen molar-refractivity contribution in [1.82, 2.24) is 14.7 Å². The summed E-state index contributed by atoms with van der Waals surface area (Å²) in [5.41, 5.74) is 0.580. The number of hydrogen-bond donors (Lipinski definition) is 0. The average Bonchev–Trinajstić information content (AvgIpc) is 2.78. The van der Waals surface area contributed by atoms with E-state index in [1.165, 1.54) is 0 Å². The number of hydrogen-bond acceptors (Lipinski definition) is 3. The number of likely N-dealkylation sites (N-methyl/N-ethyl adjacent to an activating group) is 1. The van der Waals surface area contributed by atoms with Crippen molar-refractivity contribution in [2.24, 2.45) is 5.92 Å². The topological polar surface area (TPSA) is 38.1 Å². The molecule has 1 heterocycles. The highest BCUT2D eigenvalue weighted by Crippen LogP contribution is 2.24. The smallest absolute Gasteiger partial charge is 0.185 e. The first-order valence-corrected chi connectivity index (χ1v) is 7.79. The molecule has 20 heavy (non-hydrogen) atoms. The van der Waals surface area contributed by atoms with E-state index < -0.39 is 0 Å². The van der Waals surface area contributed by atoms with E-state index in [-0.39, 0.29) is 11.7 Å². The Kier molecular flexibility index (Phi) is 7.24. The van der Waals surface area contributed by atoms with Gasteiger partial charge in [0.25, 0.3) is 0 Å². The lowest BCUT2D eigenvalue weighted by atomic mass is 9.93. The first-order valence-electron chi connectivity index (χ1n) is 7.41. The monoisotopic (exact) mass is 299 g/mol. The van der Waals surface area contributed by atoms with Gasteiger partial charge in [-0.2, -0.15) is 5.10 Å². The maximum absolute atomic E-state index is 12.7. The zero-order valence-electron chi connectivity index (χ0n) is 13.0. The molecule has 1 rings (SSSR count). The Morgan fingerprint density at radius 3 is 2.70 bits per heavy atom. The van der Waals surface area contributed by atoms with Crippen LogP contribution in [0.25, 0.3) is 0 Å². The molecule has 0 aliphatic carbocycles. The largest absolute Gasteiger partial charge is 0.308 e. The van der Waals surface area contributed by atoms with Gasteiger partial charge in [-0.15, -0.1) is 0 Å². The minimum Gasteiger partial charge on any atom is -0.308 e. The van der Waals surface area contributed by atoms with Crippen LogP contribution in [0.1, 0.15) is 50.0 Å². The Balaban J connectivity index is 2.87. The number of rotatable bonds is 9. The predicted octanol–water partition coefficient (Wildman–Crippen LogP) is 3.50. The van der Waals surface area contributed by atoms with Gasteiger partial charge in [0.05, 0.1) is 17.8 Å².